The van der Waals surface area contributed by atoms with Crippen molar-refractivity contribution in [3.63, 3.8) is 0 Å². The summed E-state index contributed by atoms with van der Waals surface area (Å²) in [6, 6.07) is 2.20. The van der Waals surface area contributed by atoms with Gasteiger partial charge in [-0.05, 0) is 30.9 Å². The molecular weight excluding hydrogens is 174 g/mol. The van der Waals surface area contributed by atoms with Crippen LogP contribution in [0, 0.1) is 0 Å². The molecule has 0 aromatic carbocycles. The first-order valence-corrected chi connectivity index (χ1v) is 5.30. The van der Waals surface area contributed by atoms with Crippen LogP contribution in [0.2, 0.25) is 0 Å². The Labute approximate surface area is 86.3 Å². The van der Waals surface area contributed by atoms with E-state index in [1.54, 1.807) is 0 Å². The molecule has 0 aliphatic carbocycles. The second-order valence-electron chi connectivity index (χ2n) is 3.68. The third kappa shape index (κ3) is 2.47. The van der Waals surface area contributed by atoms with Gasteiger partial charge in [0.2, 0.25) is 5.88 Å². The van der Waals surface area contributed by atoms with Crippen molar-refractivity contribution < 1.29 is 4.74 Å². The molecule has 1 rings (SSSR count). The van der Waals surface area contributed by atoms with E-state index in [1.807, 2.05) is 13.1 Å². The lowest BCUT2D eigenvalue weighted by molar-refractivity contribution is 0.321. The minimum absolute atomic E-state index is 0.468. The van der Waals surface area contributed by atoms with Crippen LogP contribution in [0.4, 0.5) is 0 Å². The van der Waals surface area contributed by atoms with Gasteiger partial charge in [-0.15, -0.1) is 0 Å². The highest BCUT2D eigenvalue weighted by molar-refractivity contribution is 5.32. The van der Waals surface area contributed by atoms with Gasteiger partial charge in [0.05, 0.1) is 6.61 Å². The maximum atomic E-state index is 5.49. The second-order valence-corrected chi connectivity index (χ2v) is 3.68. The van der Waals surface area contributed by atoms with E-state index in [0.717, 1.165) is 12.3 Å². The topological polar surface area (TPSA) is 22.1 Å². The summed E-state index contributed by atoms with van der Waals surface area (Å²) in [5, 5.41) is 0. The fraction of sp³-hybridized carbons (Fsp3) is 0.583. The lowest BCUT2D eigenvalue weighted by Gasteiger charge is -2.12. The maximum Gasteiger partial charge on any atom is 0.216 e. The molecule has 0 atom stereocenters. The molecule has 0 N–H and O–H groups in total. The molecule has 14 heavy (non-hydrogen) atoms. The van der Waals surface area contributed by atoms with Gasteiger partial charge >= 0.3 is 0 Å². The Morgan fingerprint density at radius 1 is 1.36 bits per heavy atom. The first-order valence-electron chi connectivity index (χ1n) is 5.30. The van der Waals surface area contributed by atoms with E-state index in [4.69, 9.17) is 4.74 Å². The molecule has 0 saturated heterocycles. The molecule has 0 radical (unpaired) electrons. The Hall–Kier alpha value is -1.05. The number of hydrogen-bond acceptors (Lipinski definition) is 2. The SMILES string of the molecule is CCOc1ncc(CC)cc1C(C)C. The minimum atomic E-state index is 0.468. The number of aromatic nitrogens is 1. The van der Waals surface area contributed by atoms with Crippen molar-refractivity contribution in [2.45, 2.75) is 40.0 Å². The first kappa shape index (κ1) is 11.0. The predicted octanol–water partition coefficient (Wildman–Crippen LogP) is 3.17. The quantitative estimate of drug-likeness (QED) is 0.732. The Kier molecular flexibility index (Phi) is 3.93. The van der Waals surface area contributed by atoms with Gasteiger partial charge in [0.25, 0.3) is 0 Å². The number of ether oxygens (including phenoxy) is 1. The van der Waals surface area contributed by atoms with E-state index in [0.29, 0.717) is 12.5 Å². The molecule has 1 aromatic rings. The fourth-order valence-corrected chi connectivity index (χ4v) is 1.38. The Morgan fingerprint density at radius 3 is 2.57 bits per heavy atom. The Balaban J connectivity index is 3.03. The van der Waals surface area contributed by atoms with Crippen LogP contribution in [-0.2, 0) is 6.42 Å². The highest BCUT2D eigenvalue weighted by Crippen LogP contribution is 2.25. The summed E-state index contributed by atoms with van der Waals surface area (Å²) in [5.74, 6) is 1.26. The molecule has 0 saturated carbocycles. The summed E-state index contributed by atoms with van der Waals surface area (Å²) < 4.78 is 5.49. The highest BCUT2D eigenvalue weighted by Gasteiger charge is 2.09. The molecule has 0 spiro atoms. The molecule has 0 aliphatic heterocycles. The lowest BCUT2D eigenvalue weighted by Crippen LogP contribution is -2.01. The molecule has 2 nitrogen and oxygen atoms in total. The number of rotatable bonds is 4. The fourth-order valence-electron chi connectivity index (χ4n) is 1.38. The summed E-state index contributed by atoms with van der Waals surface area (Å²) in [4.78, 5) is 4.34. The van der Waals surface area contributed by atoms with E-state index < -0.39 is 0 Å². The van der Waals surface area contributed by atoms with Crippen LogP contribution in [0.5, 0.6) is 5.88 Å². The standard InChI is InChI=1S/C12H19NO/c1-5-10-7-11(9(3)4)12(13-8-10)14-6-2/h7-9H,5-6H2,1-4H3. The van der Waals surface area contributed by atoms with Gasteiger partial charge in [-0.1, -0.05) is 20.8 Å². The smallest absolute Gasteiger partial charge is 0.216 e. The normalized spacial score (nSPS) is 10.6. The molecule has 0 aliphatic rings. The van der Waals surface area contributed by atoms with Crippen LogP contribution < -0.4 is 4.74 Å². The number of hydrogen-bond donors (Lipinski definition) is 0. The summed E-state index contributed by atoms with van der Waals surface area (Å²) in [6.45, 7) is 9.14. The van der Waals surface area contributed by atoms with E-state index in [-0.39, 0.29) is 0 Å². The molecule has 0 unspecified atom stereocenters. The molecule has 78 valence electrons. The van der Waals surface area contributed by atoms with Gasteiger partial charge < -0.3 is 4.74 Å². The molecule has 1 heterocycles. The summed E-state index contributed by atoms with van der Waals surface area (Å²) in [6.07, 6.45) is 2.93. The van der Waals surface area contributed by atoms with E-state index >= 15 is 0 Å². The molecular formula is C12H19NO. The van der Waals surface area contributed by atoms with E-state index in [9.17, 15) is 0 Å². The van der Waals surface area contributed by atoms with Crippen LogP contribution in [-0.4, -0.2) is 11.6 Å². The Morgan fingerprint density at radius 2 is 2.07 bits per heavy atom. The number of aryl methyl sites for hydroxylation is 1. The third-order valence-corrected chi connectivity index (χ3v) is 2.25. The summed E-state index contributed by atoms with van der Waals surface area (Å²) in [7, 11) is 0. The molecule has 0 fully saturated rings. The van der Waals surface area contributed by atoms with Gasteiger partial charge in [-0.2, -0.15) is 0 Å². The van der Waals surface area contributed by atoms with Crippen molar-refractivity contribution in [3.8, 4) is 5.88 Å². The lowest BCUT2D eigenvalue weighted by atomic mass is 10.0. The van der Waals surface area contributed by atoms with Crippen LogP contribution in [0.1, 0.15) is 44.7 Å². The minimum Gasteiger partial charge on any atom is -0.478 e. The zero-order chi connectivity index (χ0) is 10.6. The predicted molar refractivity (Wildman–Crippen MR) is 58.9 cm³/mol. The second kappa shape index (κ2) is 4.99. The molecule has 2 heteroatoms. The summed E-state index contributed by atoms with van der Waals surface area (Å²) >= 11 is 0. The van der Waals surface area contributed by atoms with Gasteiger partial charge in [0.1, 0.15) is 0 Å². The van der Waals surface area contributed by atoms with Crippen molar-refractivity contribution >= 4 is 0 Å². The zero-order valence-electron chi connectivity index (χ0n) is 9.50. The van der Waals surface area contributed by atoms with Gasteiger partial charge in [0, 0.05) is 11.8 Å². The average molecular weight is 193 g/mol. The number of nitrogens with zero attached hydrogens (tertiary/aromatic N) is 1. The van der Waals surface area contributed by atoms with Crippen LogP contribution in [0.25, 0.3) is 0 Å². The monoisotopic (exact) mass is 193 g/mol. The average Bonchev–Trinajstić information content (AvgIpc) is 2.18. The van der Waals surface area contributed by atoms with Crippen LogP contribution in [0.15, 0.2) is 12.3 Å². The zero-order valence-corrected chi connectivity index (χ0v) is 9.50. The van der Waals surface area contributed by atoms with Crippen molar-refractivity contribution in [1.29, 1.82) is 0 Å². The Bertz CT molecular complexity index is 294. The largest absolute Gasteiger partial charge is 0.478 e. The van der Waals surface area contributed by atoms with Gasteiger partial charge in [-0.3, -0.25) is 0 Å². The van der Waals surface area contributed by atoms with Gasteiger partial charge in [0.15, 0.2) is 0 Å². The highest BCUT2D eigenvalue weighted by atomic mass is 16.5. The van der Waals surface area contributed by atoms with Gasteiger partial charge in [-0.25, -0.2) is 4.98 Å². The van der Waals surface area contributed by atoms with Crippen LogP contribution >= 0.6 is 0 Å². The maximum absolute atomic E-state index is 5.49. The first-order chi connectivity index (χ1) is 6.69. The van der Waals surface area contributed by atoms with Crippen molar-refractivity contribution in [3.05, 3.63) is 23.4 Å². The van der Waals surface area contributed by atoms with Crippen molar-refractivity contribution in [2.24, 2.45) is 0 Å². The summed E-state index contributed by atoms with van der Waals surface area (Å²) in [5.41, 5.74) is 2.49. The molecule has 0 amide bonds. The molecule has 0 bridgehead atoms. The molecule has 1 aromatic heterocycles. The van der Waals surface area contributed by atoms with Crippen LogP contribution in [0.3, 0.4) is 0 Å². The van der Waals surface area contributed by atoms with Crippen molar-refractivity contribution in [2.75, 3.05) is 6.61 Å². The third-order valence-electron chi connectivity index (χ3n) is 2.25. The van der Waals surface area contributed by atoms with E-state index in [2.05, 4.69) is 31.8 Å². The van der Waals surface area contributed by atoms with E-state index in [1.165, 1.54) is 11.1 Å². The number of pyridine rings is 1. The van der Waals surface area contributed by atoms with Crippen molar-refractivity contribution in [1.82, 2.24) is 4.98 Å².